The predicted octanol–water partition coefficient (Wildman–Crippen LogP) is 2.99. The van der Waals surface area contributed by atoms with Crippen LogP contribution in [0.3, 0.4) is 0 Å². The zero-order chi connectivity index (χ0) is 10.1. The maximum atomic E-state index is 5.49. The summed E-state index contributed by atoms with van der Waals surface area (Å²) >= 11 is 0. The van der Waals surface area contributed by atoms with Crippen molar-refractivity contribution in [3.63, 3.8) is 0 Å². The highest BCUT2D eigenvalue weighted by Gasteiger charge is 2.10. The number of hydrogen-bond donors (Lipinski definition) is 0. The second-order valence-corrected chi connectivity index (χ2v) is 3.26. The normalized spacial score (nSPS) is 16.3. The van der Waals surface area contributed by atoms with Crippen LogP contribution in [0.15, 0.2) is 12.2 Å². The molecule has 0 N–H and O–H groups in total. The van der Waals surface area contributed by atoms with E-state index in [1.54, 1.807) is 0 Å². The van der Waals surface area contributed by atoms with E-state index in [0.717, 1.165) is 13.0 Å². The van der Waals surface area contributed by atoms with Gasteiger partial charge in [0, 0.05) is 6.61 Å². The smallest absolute Gasteiger partial charge is 0.147 e. The minimum Gasteiger partial charge on any atom is -0.356 e. The van der Waals surface area contributed by atoms with E-state index >= 15 is 0 Å². The van der Waals surface area contributed by atoms with Crippen LogP contribution in [-0.4, -0.2) is 19.5 Å². The van der Waals surface area contributed by atoms with Crippen molar-refractivity contribution < 1.29 is 9.47 Å². The first-order valence-corrected chi connectivity index (χ1v) is 5.02. The van der Waals surface area contributed by atoms with Crippen LogP contribution in [0.1, 0.15) is 34.1 Å². The molecule has 13 heavy (non-hydrogen) atoms. The van der Waals surface area contributed by atoms with Gasteiger partial charge in [-0.1, -0.05) is 19.1 Å². The highest BCUT2D eigenvalue weighted by molar-refractivity contribution is 4.80. The Morgan fingerprint density at radius 3 is 2.54 bits per heavy atom. The molecule has 0 aliphatic heterocycles. The SMILES string of the molecule is C/C=C/C[C@@H](C)[C@@H](C)OCOCC. The third kappa shape index (κ3) is 6.79. The Kier molecular flexibility index (Phi) is 8.05. The van der Waals surface area contributed by atoms with Crippen molar-refractivity contribution in [3.8, 4) is 0 Å². The molecule has 0 aromatic carbocycles. The molecule has 0 bridgehead atoms. The van der Waals surface area contributed by atoms with Gasteiger partial charge in [-0.3, -0.25) is 0 Å². The molecule has 2 atom stereocenters. The Morgan fingerprint density at radius 2 is 2.00 bits per heavy atom. The van der Waals surface area contributed by atoms with Gasteiger partial charge in [-0.2, -0.15) is 0 Å². The van der Waals surface area contributed by atoms with Crippen LogP contribution in [0, 0.1) is 5.92 Å². The monoisotopic (exact) mass is 186 g/mol. The van der Waals surface area contributed by atoms with Crippen LogP contribution in [0.5, 0.6) is 0 Å². The number of hydrogen-bond acceptors (Lipinski definition) is 2. The lowest BCUT2D eigenvalue weighted by molar-refractivity contribution is -0.0945. The highest BCUT2D eigenvalue weighted by atomic mass is 16.7. The van der Waals surface area contributed by atoms with Gasteiger partial charge in [0.15, 0.2) is 0 Å². The molecular weight excluding hydrogens is 164 g/mol. The van der Waals surface area contributed by atoms with Gasteiger partial charge in [-0.05, 0) is 33.1 Å². The van der Waals surface area contributed by atoms with Gasteiger partial charge in [0.05, 0.1) is 6.10 Å². The lowest BCUT2D eigenvalue weighted by Crippen LogP contribution is -2.19. The first-order chi connectivity index (χ1) is 6.22. The quantitative estimate of drug-likeness (QED) is 0.346. The summed E-state index contributed by atoms with van der Waals surface area (Å²) in [5, 5.41) is 0. The van der Waals surface area contributed by atoms with Crippen LogP contribution >= 0.6 is 0 Å². The molecule has 0 spiro atoms. The van der Waals surface area contributed by atoms with Crippen LogP contribution in [0.4, 0.5) is 0 Å². The van der Waals surface area contributed by atoms with Gasteiger partial charge in [0.1, 0.15) is 6.79 Å². The molecule has 0 fully saturated rings. The number of allylic oxidation sites excluding steroid dienone is 2. The molecule has 0 aromatic rings. The van der Waals surface area contributed by atoms with Gasteiger partial charge < -0.3 is 9.47 Å². The molecule has 0 unspecified atom stereocenters. The van der Waals surface area contributed by atoms with Crippen LogP contribution in [0.25, 0.3) is 0 Å². The van der Waals surface area contributed by atoms with Gasteiger partial charge in [-0.15, -0.1) is 0 Å². The fourth-order valence-corrected chi connectivity index (χ4v) is 0.945. The topological polar surface area (TPSA) is 18.5 Å². The molecular formula is C11H22O2. The fourth-order valence-electron chi connectivity index (χ4n) is 0.945. The Hall–Kier alpha value is -0.340. The van der Waals surface area contributed by atoms with E-state index < -0.39 is 0 Å². The summed E-state index contributed by atoms with van der Waals surface area (Å²) < 4.78 is 10.6. The zero-order valence-electron chi connectivity index (χ0n) is 9.25. The largest absolute Gasteiger partial charge is 0.356 e. The predicted molar refractivity (Wildman–Crippen MR) is 55.6 cm³/mol. The molecule has 2 nitrogen and oxygen atoms in total. The van der Waals surface area contributed by atoms with Crippen LogP contribution in [0.2, 0.25) is 0 Å². The Morgan fingerprint density at radius 1 is 1.31 bits per heavy atom. The molecule has 0 aromatic heterocycles. The van der Waals surface area contributed by atoms with Crippen molar-refractivity contribution in [3.05, 3.63) is 12.2 Å². The standard InChI is InChI=1S/C11H22O2/c1-5-7-8-10(3)11(4)13-9-12-6-2/h5,7,10-11H,6,8-9H2,1-4H3/b7-5+/t10-,11-/m1/s1. The molecule has 0 saturated heterocycles. The number of ether oxygens (including phenoxy) is 2. The van der Waals surface area contributed by atoms with E-state index in [1.165, 1.54) is 0 Å². The molecule has 0 amide bonds. The van der Waals surface area contributed by atoms with E-state index in [-0.39, 0.29) is 6.10 Å². The molecule has 0 aliphatic carbocycles. The van der Waals surface area contributed by atoms with Gasteiger partial charge >= 0.3 is 0 Å². The summed E-state index contributed by atoms with van der Waals surface area (Å²) in [5.74, 6) is 0.552. The van der Waals surface area contributed by atoms with Crippen molar-refractivity contribution >= 4 is 0 Å². The van der Waals surface area contributed by atoms with Crippen molar-refractivity contribution in [2.45, 2.75) is 40.2 Å². The highest BCUT2D eigenvalue weighted by Crippen LogP contribution is 2.11. The van der Waals surface area contributed by atoms with Crippen LogP contribution < -0.4 is 0 Å². The third-order valence-corrected chi connectivity index (χ3v) is 2.16. The van der Waals surface area contributed by atoms with Crippen molar-refractivity contribution in [1.82, 2.24) is 0 Å². The third-order valence-electron chi connectivity index (χ3n) is 2.16. The second-order valence-electron chi connectivity index (χ2n) is 3.26. The van der Waals surface area contributed by atoms with Gasteiger partial charge in [0.2, 0.25) is 0 Å². The van der Waals surface area contributed by atoms with E-state index in [9.17, 15) is 0 Å². The van der Waals surface area contributed by atoms with Crippen LogP contribution in [-0.2, 0) is 9.47 Å². The van der Waals surface area contributed by atoms with Crippen molar-refractivity contribution in [1.29, 1.82) is 0 Å². The maximum Gasteiger partial charge on any atom is 0.147 e. The molecule has 78 valence electrons. The second kappa shape index (κ2) is 8.27. The van der Waals surface area contributed by atoms with E-state index in [4.69, 9.17) is 9.47 Å². The molecule has 0 saturated carbocycles. The van der Waals surface area contributed by atoms with Crippen molar-refractivity contribution in [2.24, 2.45) is 5.92 Å². The van der Waals surface area contributed by atoms with E-state index in [1.807, 2.05) is 13.8 Å². The van der Waals surface area contributed by atoms with Gasteiger partial charge in [-0.25, -0.2) is 0 Å². The average molecular weight is 186 g/mol. The summed E-state index contributed by atoms with van der Waals surface area (Å²) in [7, 11) is 0. The molecule has 0 radical (unpaired) electrons. The Balaban J connectivity index is 3.50. The molecule has 0 heterocycles. The van der Waals surface area contributed by atoms with Gasteiger partial charge in [0.25, 0.3) is 0 Å². The minimum atomic E-state index is 0.266. The first kappa shape index (κ1) is 12.7. The lowest BCUT2D eigenvalue weighted by Gasteiger charge is -2.18. The molecule has 0 aliphatic rings. The minimum absolute atomic E-state index is 0.266. The summed E-state index contributed by atoms with van der Waals surface area (Å²) in [6, 6.07) is 0. The molecule has 2 heteroatoms. The summed E-state index contributed by atoms with van der Waals surface area (Å²) in [6.45, 7) is 9.42. The zero-order valence-corrected chi connectivity index (χ0v) is 9.25. The summed E-state index contributed by atoms with van der Waals surface area (Å²) in [4.78, 5) is 0. The Bertz CT molecular complexity index is 132. The van der Waals surface area contributed by atoms with E-state index in [0.29, 0.717) is 12.7 Å². The Labute approximate surface area is 81.9 Å². The molecule has 0 rings (SSSR count). The average Bonchev–Trinajstić information content (AvgIpc) is 2.14. The maximum absolute atomic E-state index is 5.49. The lowest BCUT2D eigenvalue weighted by atomic mass is 10.0. The fraction of sp³-hybridized carbons (Fsp3) is 0.818. The first-order valence-electron chi connectivity index (χ1n) is 5.02. The number of rotatable bonds is 7. The summed E-state index contributed by atoms with van der Waals surface area (Å²) in [6.07, 6.45) is 5.59. The summed E-state index contributed by atoms with van der Waals surface area (Å²) in [5.41, 5.74) is 0. The van der Waals surface area contributed by atoms with E-state index in [2.05, 4.69) is 26.0 Å². The van der Waals surface area contributed by atoms with Crippen molar-refractivity contribution in [2.75, 3.05) is 13.4 Å².